The molecule has 1 amide bonds. The van der Waals surface area contributed by atoms with Crippen LogP contribution in [-0.2, 0) is 4.79 Å². The van der Waals surface area contributed by atoms with Crippen LogP contribution in [0.1, 0.15) is 34.1 Å². The molecule has 0 aliphatic rings. The first-order valence-corrected chi connectivity index (χ1v) is 7.20. The summed E-state index contributed by atoms with van der Waals surface area (Å²) >= 11 is 1.72. The molecule has 0 aromatic rings. The number of nitrogens with one attached hydrogen (secondary N) is 1. The molecule has 0 saturated carbocycles. The van der Waals surface area contributed by atoms with Gasteiger partial charge >= 0.3 is 0 Å². The lowest BCUT2D eigenvalue weighted by atomic mass is 9.82. The Hall–Kier alpha value is -0.220. The average Bonchev–Trinajstić information content (AvgIpc) is 2.20. The quantitative estimate of drug-likeness (QED) is 0.752. The Morgan fingerprint density at radius 1 is 1.44 bits per heavy atom. The summed E-state index contributed by atoms with van der Waals surface area (Å²) < 4.78 is 0. The zero-order valence-corrected chi connectivity index (χ0v) is 12.0. The number of thioether (sulfide) groups is 1. The highest BCUT2D eigenvalue weighted by molar-refractivity contribution is 7.98. The lowest BCUT2D eigenvalue weighted by molar-refractivity contribution is -0.122. The van der Waals surface area contributed by atoms with Crippen LogP contribution in [0.3, 0.4) is 0 Å². The topological polar surface area (TPSA) is 55.1 Å². The van der Waals surface area contributed by atoms with Gasteiger partial charge in [0, 0.05) is 6.54 Å². The summed E-state index contributed by atoms with van der Waals surface area (Å²) in [7, 11) is 0. The first kappa shape index (κ1) is 15.8. The predicted molar refractivity (Wildman–Crippen MR) is 72.6 cm³/mol. The van der Waals surface area contributed by atoms with Crippen molar-refractivity contribution in [3.63, 3.8) is 0 Å². The number of amides is 1. The summed E-state index contributed by atoms with van der Waals surface area (Å²) in [6.07, 6.45) is 2.77. The standard InChI is InChI=1S/C12H26N2OS/c1-9(12(2,3)4)8-14-11(15)10(13)6-7-16-5/h9-10H,6-8,13H2,1-5H3,(H,14,15)/t9?,10-/m0/s1. The Balaban J connectivity index is 3.89. The first-order chi connectivity index (χ1) is 7.29. The molecular weight excluding hydrogens is 220 g/mol. The van der Waals surface area contributed by atoms with E-state index in [1.165, 1.54) is 0 Å². The molecule has 96 valence electrons. The molecule has 3 nitrogen and oxygen atoms in total. The van der Waals surface area contributed by atoms with E-state index in [1.54, 1.807) is 11.8 Å². The van der Waals surface area contributed by atoms with Gasteiger partial charge < -0.3 is 11.1 Å². The normalized spacial score (nSPS) is 15.6. The summed E-state index contributed by atoms with van der Waals surface area (Å²) in [6.45, 7) is 9.38. The monoisotopic (exact) mass is 246 g/mol. The molecule has 3 N–H and O–H groups in total. The molecule has 0 spiro atoms. The average molecular weight is 246 g/mol. The summed E-state index contributed by atoms with van der Waals surface area (Å²) in [5.74, 6) is 1.36. The predicted octanol–water partition coefficient (Wildman–Crippen LogP) is 1.87. The number of nitrogens with two attached hydrogens (primary N) is 1. The van der Waals surface area contributed by atoms with Crippen molar-refractivity contribution in [1.29, 1.82) is 0 Å². The summed E-state index contributed by atoms with van der Waals surface area (Å²) in [4.78, 5) is 11.6. The van der Waals surface area contributed by atoms with Crippen molar-refractivity contribution >= 4 is 17.7 Å². The second kappa shape index (κ2) is 7.17. The van der Waals surface area contributed by atoms with E-state index in [0.717, 1.165) is 12.2 Å². The SMILES string of the molecule is CSCC[C@H](N)C(=O)NCC(C)C(C)(C)C. The largest absolute Gasteiger partial charge is 0.354 e. The van der Waals surface area contributed by atoms with Crippen molar-refractivity contribution in [1.82, 2.24) is 5.32 Å². The van der Waals surface area contributed by atoms with Crippen molar-refractivity contribution in [3.05, 3.63) is 0 Å². The van der Waals surface area contributed by atoms with Gasteiger partial charge in [0.25, 0.3) is 0 Å². The smallest absolute Gasteiger partial charge is 0.236 e. The number of carbonyl (C=O) groups is 1. The molecule has 0 fully saturated rings. The maximum Gasteiger partial charge on any atom is 0.236 e. The van der Waals surface area contributed by atoms with E-state index in [2.05, 4.69) is 33.0 Å². The highest BCUT2D eigenvalue weighted by Gasteiger charge is 2.21. The van der Waals surface area contributed by atoms with Crippen molar-refractivity contribution in [2.24, 2.45) is 17.1 Å². The lowest BCUT2D eigenvalue weighted by Gasteiger charge is -2.27. The van der Waals surface area contributed by atoms with E-state index in [1.807, 2.05) is 6.26 Å². The van der Waals surface area contributed by atoms with Crippen molar-refractivity contribution in [2.45, 2.75) is 40.2 Å². The maximum absolute atomic E-state index is 11.6. The Morgan fingerprint density at radius 2 is 2.00 bits per heavy atom. The van der Waals surface area contributed by atoms with Crippen molar-refractivity contribution < 1.29 is 4.79 Å². The van der Waals surface area contributed by atoms with Crippen LogP contribution in [0, 0.1) is 11.3 Å². The van der Waals surface area contributed by atoms with Crippen LogP contribution in [0.5, 0.6) is 0 Å². The third-order valence-electron chi connectivity index (χ3n) is 3.03. The van der Waals surface area contributed by atoms with E-state index < -0.39 is 0 Å². The van der Waals surface area contributed by atoms with E-state index >= 15 is 0 Å². The molecule has 0 radical (unpaired) electrons. The lowest BCUT2D eigenvalue weighted by Crippen LogP contribution is -2.43. The third-order valence-corrected chi connectivity index (χ3v) is 3.67. The molecule has 2 atom stereocenters. The van der Waals surface area contributed by atoms with Crippen molar-refractivity contribution in [2.75, 3.05) is 18.6 Å². The van der Waals surface area contributed by atoms with Gasteiger partial charge in [-0.25, -0.2) is 0 Å². The van der Waals surface area contributed by atoms with E-state index in [0.29, 0.717) is 12.5 Å². The minimum absolute atomic E-state index is 0.0230. The molecule has 0 aliphatic heterocycles. The van der Waals surface area contributed by atoms with Crippen LogP contribution in [-0.4, -0.2) is 30.5 Å². The van der Waals surface area contributed by atoms with E-state index in [9.17, 15) is 4.79 Å². The molecule has 1 unspecified atom stereocenters. The van der Waals surface area contributed by atoms with Gasteiger partial charge in [0.05, 0.1) is 6.04 Å². The first-order valence-electron chi connectivity index (χ1n) is 5.81. The summed E-state index contributed by atoms with van der Waals surface area (Å²) in [5, 5.41) is 2.92. The van der Waals surface area contributed by atoms with Crippen LogP contribution in [0.15, 0.2) is 0 Å². The maximum atomic E-state index is 11.6. The minimum Gasteiger partial charge on any atom is -0.354 e. The molecule has 0 aliphatic carbocycles. The Kier molecular flexibility index (Phi) is 7.07. The van der Waals surface area contributed by atoms with Crippen LogP contribution in [0.2, 0.25) is 0 Å². The van der Waals surface area contributed by atoms with Gasteiger partial charge in [-0.3, -0.25) is 4.79 Å². The Labute approximate surface area is 104 Å². The van der Waals surface area contributed by atoms with Gasteiger partial charge in [0.2, 0.25) is 5.91 Å². The van der Waals surface area contributed by atoms with Crippen LogP contribution in [0.4, 0.5) is 0 Å². The van der Waals surface area contributed by atoms with Gasteiger partial charge in [0.15, 0.2) is 0 Å². The van der Waals surface area contributed by atoms with Gasteiger partial charge in [0.1, 0.15) is 0 Å². The number of rotatable bonds is 6. The van der Waals surface area contributed by atoms with Gasteiger partial charge in [-0.05, 0) is 29.8 Å². The molecular formula is C12H26N2OS. The molecule has 0 bridgehead atoms. The second-order valence-corrected chi connectivity index (χ2v) is 6.39. The molecule has 4 heteroatoms. The van der Waals surface area contributed by atoms with Crippen LogP contribution >= 0.6 is 11.8 Å². The molecule has 0 aromatic carbocycles. The number of hydrogen-bond donors (Lipinski definition) is 2. The zero-order valence-electron chi connectivity index (χ0n) is 11.2. The van der Waals surface area contributed by atoms with Gasteiger partial charge in [-0.15, -0.1) is 0 Å². The fourth-order valence-electron chi connectivity index (χ4n) is 1.07. The zero-order chi connectivity index (χ0) is 12.8. The van der Waals surface area contributed by atoms with Crippen LogP contribution in [0.25, 0.3) is 0 Å². The fraction of sp³-hybridized carbons (Fsp3) is 0.917. The molecule has 0 heterocycles. The Bertz CT molecular complexity index is 214. The Morgan fingerprint density at radius 3 is 2.44 bits per heavy atom. The molecule has 0 saturated heterocycles. The summed E-state index contributed by atoms with van der Waals surface area (Å²) in [5.41, 5.74) is 5.99. The van der Waals surface area contributed by atoms with Gasteiger partial charge in [-0.1, -0.05) is 27.7 Å². The van der Waals surface area contributed by atoms with Crippen molar-refractivity contribution in [3.8, 4) is 0 Å². The van der Waals surface area contributed by atoms with Gasteiger partial charge in [-0.2, -0.15) is 11.8 Å². The highest BCUT2D eigenvalue weighted by Crippen LogP contribution is 2.24. The number of hydrogen-bond acceptors (Lipinski definition) is 3. The second-order valence-electron chi connectivity index (χ2n) is 5.40. The molecule has 16 heavy (non-hydrogen) atoms. The third kappa shape index (κ3) is 6.38. The van der Waals surface area contributed by atoms with E-state index in [4.69, 9.17) is 5.73 Å². The molecule has 0 aromatic heterocycles. The van der Waals surface area contributed by atoms with Crippen LogP contribution < -0.4 is 11.1 Å². The van der Waals surface area contributed by atoms with E-state index in [-0.39, 0.29) is 17.4 Å². The fourth-order valence-corrected chi connectivity index (χ4v) is 1.56. The summed E-state index contributed by atoms with van der Waals surface area (Å²) in [6, 6.07) is -0.361. The minimum atomic E-state index is -0.361. The highest BCUT2D eigenvalue weighted by atomic mass is 32.2. The number of carbonyl (C=O) groups excluding carboxylic acids is 1. The molecule has 0 rings (SSSR count).